The standard InChI is InChI=1S/C42H32BrN3O4S/c43-32-17-10-12-29(26-32)27-38(46-40(47)31-15-6-2-7-16-31)41(48)45-34-18-11-21-37(28-34)51-39(30-13-4-1-5-14-30)42(49)44-33-22-24-36(25-23-33)50-35-19-8-3-9-20-35/h1-28,39H,(H,44,49)(H,45,48)(H,46,47)/b38-27+. The van der Waals surface area contributed by atoms with Gasteiger partial charge < -0.3 is 20.7 Å². The summed E-state index contributed by atoms with van der Waals surface area (Å²) in [6.45, 7) is 0. The highest BCUT2D eigenvalue weighted by Crippen LogP contribution is 2.37. The Labute approximate surface area is 308 Å². The Morgan fingerprint density at radius 3 is 1.98 bits per heavy atom. The van der Waals surface area contributed by atoms with Gasteiger partial charge in [0.05, 0.1) is 0 Å². The first-order valence-electron chi connectivity index (χ1n) is 16.0. The topological polar surface area (TPSA) is 96.5 Å². The molecule has 51 heavy (non-hydrogen) atoms. The van der Waals surface area contributed by atoms with Gasteiger partial charge in [-0.15, -0.1) is 11.8 Å². The zero-order valence-corrected chi connectivity index (χ0v) is 29.6. The quantitative estimate of drug-likeness (QED) is 0.0854. The number of hydrogen-bond donors (Lipinski definition) is 3. The van der Waals surface area contributed by atoms with Crippen LogP contribution < -0.4 is 20.7 Å². The predicted octanol–water partition coefficient (Wildman–Crippen LogP) is 10.1. The van der Waals surface area contributed by atoms with Gasteiger partial charge in [-0.1, -0.05) is 101 Å². The van der Waals surface area contributed by atoms with E-state index < -0.39 is 17.1 Å². The first-order valence-corrected chi connectivity index (χ1v) is 17.7. The fourth-order valence-electron chi connectivity index (χ4n) is 5.03. The molecule has 0 aliphatic rings. The van der Waals surface area contributed by atoms with Crippen molar-refractivity contribution in [3.05, 3.63) is 191 Å². The van der Waals surface area contributed by atoms with Crippen LogP contribution in [0.3, 0.4) is 0 Å². The molecule has 0 saturated carbocycles. The van der Waals surface area contributed by atoms with Crippen molar-refractivity contribution in [1.29, 1.82) is 0 Å². The first kappa shape index (κ1) is 34.9. The number of rotatable bonds is 12. The van der Waals surface area contributed by atoms with Crippen molar-refractivity contribution in [2.45, 2.75) is 10.1 Å². The number of hydrogen-bond acceptors (Lipinski definition) is 5. The number of carbonyl (C=O) groups is 3. The summed E-state index contributed by atoms with van der Waals surface area (Å²) in [5.41, 5.74) is 3.17. The third-order valence-corrected chi connectivity index (χ3v) is 9.22. The smallest absolute Gasteiger partial charge is 0.272 e. The molecule has 0 aliphatic carbocycles. The molecule has 0 saturated heterocycles. The molecule has 1 atom stereocenters. The average Bonchev–Trinajstić information content (AvgIpc) is 3.15. The fourth-order valence-corrected chi connectivity index (χ4v) is 6.53. The molecule has 1 unspecified atom stereocenters. The lowest BCUT2D eigenvalue weighted by Crippen LogP contribution is -2.30. The van der Waals surface area contributed by atoms with Crippen molar-refractivity contribution in [1.82, 2.24) is 5.32 Å². The van der Waals surface area contributed by atoms with Crippen LogP contribution in [0.2, 0.25) is 0 Å². The summed E-state index contributed by atoms with van der Waals surface area (Å²) in [5, 5.41) is 8.13. The van der Waals surface area contributed by atoms with Crippen molar-refractivity contribution in [3.8, 4) is 11.5 Å². The molecule has 3 amide bonds. The van der Waals surface area contributed by atoms with Gasteiger partial charge in [0.1, 0.15) is 22.4 Å². The SMILES string of the molecule is O=C(Nc1cccc(SC(C(=O)Nc2ccc(Oc3ccccc3)cc2)c2ccccc2)c1)/C(=C\c1cccc(Br)c1)NC(=O)c1ccccc1. The molecule has 0 heterocycles. The van der Waals surface area contributed by atoms with Crippen molar-refractivity contribution >= 4 is 62.9 Å². The Hall–Kier alpha value is -5.90. The van der Waals surface area contributed by atoms with E-state index in [4.69, 9.17) is 4.74 Å². The molecule has 9 heteroatoms. The van der Waals surface area contributed by atoms with Gasteiger partial charge in [0, 0.05) is 26.3 Å². The van der Waals surface area contributed by atoms with E-state index in [0.717, 1.165) is 26.2 Å². The summed E-state index contributed by atoms with van der Waals surface area (Å²) in [4.78, 5) is 41.3. The van der Waals surface area contributed by atoms with Gasteiger partial charge in [0.15, 0.2) is 0 Å². The number of ether oxygens (including phenoxy) is 1. The van der Waals surface area contributed by atoms with Gasteiger partial charge in [-0.05, 0) is 96.1 Å². The van der Waals surface area contributed by atoms with Crippen molar-refractivity contribution in [3.63, 3.8) is 0 Å². The summed E-state index contributed by atoms with van der Waals surface area (Å²) in [6, 6.07) is 49.6. The van der Waals surface area contributed by atoms with Crippen LogP contribution in [0.25, 0.3) is 6.08 Å². The Kier molecular flexibility index (Phi) is 11.8. The largest absolute Gasteiger partial charge is 0.457 e. The lowest BCUT2D eigenvalue weighted by atomic mass is 10.1. The first-order chi connectivity index (χ1) is 24.9. The number of nitrogens with one attached hydrogen (secondary N) is 3. The lowest BCUT2D eigenvalue weighted by Gasteiger charge is -2.18. The van der Waals surface area contributed by atoms with Crippen LogP contribution >= 0.6 is 27.7 Å². The summed E-state index contributed by atoms with van der Waals surface area (Å²) in [6.07, 6.45) is 1.62. The van der Waals surface area contributed by atoms with E-state index >= 15 is 0 Å². The van der Waals surface area contributed by atoms with E-state index in [1.54, 1.807) is 66.7 Å². The number of para-hydroxylation sites is 1. The second kappa shape index (κ2) is 17.2. The Morgan fingerprint density at radius 2 is 1.27 bits per heavy atom. The highest BCUT2D eigenvalue weighted by Gasteiger charge is 2.23. The molecule has 252 valence electrons. The van der Waals surface area contributed by atoms with Crippen molar-refractivity contribution < 1.29 is 19.1 Å². The maximum atomic E-state index is 13.8. The number of anilines is 2. The van der Waals surface area contributed by atoms with Crippen LogP contribution in [0.1, 0.15) is 26.7 Å². The highest BCUT2D eigenvalue weighted by atomic mass is 79.9. The number of thioether (sulfide) groups is 1. The second-order valence-corrected chi connectivity index (χ2v) is 13.3. The summed E-state index contributed by atoms with van der Waals surface area (Å²) >= 11 is 4.82. The van der Waals surface area contributed by atoms with Crippen LogP contribution in [0.15, 0.2) is 179 Å². The zero-order chi connectivity index (χ0) is 35.4. The van der Waals surface area contributed by atoms with Crippen molar-refractivity contribution in [2.75, 3.05) is 10.6 Å². The molecule has 0 spiro atoms. The highest BCUT2D eigenvalue weighted by molar-refractivity contribution is 9.10. The minimum atomic E-state index is -0.602. The van der Waals surface area contributed by atoms with E-state index in [9.17, 15) is 14.4 Å². The minimum absolute atomic E-state index is 0.0711. The zero-order valence-electron chi connectivity index (χ0n) is 27.2. The molecular weight excluding hydrogens is 722 g/mol. The molecule has 0 fully saturated rings. The number of halogens is 1. The maximum absolute atomic E-state index is 13.8. The Morgan fingerprint density at radius 1 is 0.627 bits per heavy atom. The van der Waals surface area contributed by atoms with Crippen LogP contribution in [0, 0.1) is 0 Å². The maximum Gasteiger partial charge on any atom is 0.272 e. The van der Waals surface area contributed by atoms with Gasteiger partial charge in [0.2, 0.25) is 5.91 Å². The van der Waals surface area contributed by atoms with Gasteiger partial charge in [0.25, 0.3) is 11.8 Å². The monoisotopic (exact) mass is 753 g/mol. The van der Waals surface area contributed by atoms with Gasteiger partial charge in [-0.2, -0.15) is 0 Å². The van der Waals surface area contributed by atoms with E-state index in [2.05, 4.69) is 31.9 Å². The molecule has 0 aliphatic heterocycles. The normalized spacial score (nSPS) is 11.6. The third-order valence-electron chi connectivity index (χ3n) is 7.48. The fraction of sp³-hybridized carbons (Fsp3) is 0.0238. The molecule has 0 bridgehead atoms. The third kappa shape index (κ3) is 10.1. The predicted molar refractivity (Wildman–Crippen MR) is 208 cm³/mol. The van der Waals surface area contributed by atoms with Crippen molar-refractivity contribution in [2.24, 2.45) is 0 Å². The number of carbonyl (C=O) groups excluding carboxylic acids is 3. The summed E-state index contributed by atoms with van der Waals surface area (Å²) < 4.78 is 6.72. The Balaban J connectivity index is 1.18. The van der Waals surface area contributed by atoms with Crippen LogP contribution in [0.5, 0.6) is 11.5 Å². The number of amides is 3. The molecule has 6 aromatic rings. The van der Waals surface area contributed by atoms with E-state index in [-0.39, 0.29) is 11.6 Å². The van der Waals surface area contributed by atoms with Crippen LogP contribution in [-0.2, 0) is 9.59 Å². The molecule has 0 radical (unpaired) electrons. The van der Waals surface area contributed by atoms with Gasteiger partial charge in [-0.25, -0.2) is 0 Å². The van der Waals surface area contributed by atoms with E-state index in [1.165, 1.54) is 11.8 Å². The molecule has 7 nitrogen and oxygen atoms in total. The van der Waals surface area contributed by atoms with Crippen LogP contribution in [-0.4, -0.2) is 17.7 Å². The van der Waals surface area contributed by atoms with Crippen LogP contribution in [0.4, 0.5) is 11.4 Å². The van der Waals surface area contributed by atoms with Gasteiger partial charge in [-0.3, -0.25) is 14.4 Å². The summed E-state index contributed by atoms with van der Waals surface area (Å²) in [5.74, 6) is 0.258. The molecule has 6 aromatic carbocycles. The minimum Gasteiger partial charge on any atom is -0.457 e. The second-order valence-electron chi connectivity index (χ2n) is 11.3. The molecule has 0 aromatic heterocycles. The van der Waals surface area contributed by atoms with E-state index in [1.807, 2.05) is 103 Å². The van der Waals surface area contributed by atoms with Gasteiger partial charge >= 0.3 is 0 Å². The average molecular weight is 755 g/mol. The van der Waals surface area contributed by atoms with E-state index in [0.29, 0.717) is 22.7 Å². The Bertz CT molecular complexity index is 2140. The molecule has 6 rings (SSSR count). The number of benzene rings is 6. The lowest BCUT2D eigenvalue weighted by molar-refractivity contribution is -0.116. The molecular formula is C42H32BrN3O4S. The molecule has 3 N–H and O–H groups in total. The summed E-state index contributed by atoms with van der Waals surface area (Å²) in [7, 11) is 0.